The maximum absolute atomic E-state index is 12.2. The second kappa shape index (κ2) is 7.96. The zero-order chi connectivity index (χ0) is 17.6. The molecule has 0 aromatic carbocycles. The number of aromatic nitrogens is 1. The summed E-state index contributed by atoms with van der Waals surface area (Å²) in [4.78, 5) is 29.6. The van der Waals surface area contributed by atoms with E-state index >= 15 is 0 Å². The van der Waals surface area contributed by atoms with Gasteiger partial charge in [-0.1, -0.05) is 6.07 Å². The highest BCUT2D eigenvalue weighted by Crippen LogP contribution is 2.09. The Balaban J connectivity index is 1.79. The molecule has 1 atom stereocenters. The molecule has 1 fully saturated rings. The minimum atomic E-state index is -0.549. The number of nitrogens with zero attached hydrogens (tertiary/aromatic N) is 2. The predicted molar refractivity (Wildman–Crippen MR) is 88.8 cm³/mol. The average molecular weight is 336 g/mol. The molecule has 8 nitrogen and oxygen atoms in total. The van der Waals surface area contributed by atoms with Gasteiger partial charge in [0.1, 0.15) is 11.4 Å². The summed E-state index contributed by atoms with van der Waals surface area (Å²) in [5.74, 6) is 0.498. The number of pyridine rings is 1. The van der Waals surface area contributed by atoms with Crippen LogP contribution in [0.2, 0.25) is 0 Å². The Bertz CT molecular complexity index is 559. The summed E-state index contributed by atoms with van der Waals surface area (Å²) in [6.07, 6.45) is 0.838. The summed E-state index contributed by atoms with van der Waals surface area (Å²) in [5, 5.41) is 5.40. The van der Waals surface area contributed by atoms with Crippen LogP contribution in [-0.4, -0.2) is 60.0 Å². The van der Waals surface area contributed by atoms with Crippen LogP contribution in [0.15, 0.2) is 24.4 Å². The number of ether oxygens (including phenoxy) is 2. The number of hydrogen-bond acceptors (Lipinski definition) is 5. The summed E-state index contributed by atoms with van der Waals surface area (Å²) in [5.41, 5.74) is -0.549. The molecule has 1 aromatic heterocycles. The van der Waals surface area contributed by atoms with Gasteiger partial charge >= 0.3 is 12.1 Å². The van der Waals surface area contributed by atoms with E-state index in [1.165, 1.54) is 0 Å². The van der Waals surface area contributed by atoms with Crippen LogP contribution in [0.3, 0.4) is 0 Å². The molecule has 1 unspecified atom stereocenters. The first-order valence-electron chi connectivity index (χ1n) is 7.89. The predicted octanol–water partition coefficient (Wildman–Crippen LogP) is 1.84. The molecule has 3 amide bonds. The molecule has 0 radical (unpaired) electrons. The third kappa shape index (κ3) is 6.04. The molecule has 1 aromatic rings. The maximum Gasteiger partial charge on any atom is 0.407 e. The number of carbonyl (C=O) groups excluding carboxylic acids is 2. The smallest absolute Gasteiger partial charge is 0.407 e. The first kappa shape index (κ1) is 18.0. The van der Waals surface area contributed by atoms with Crippen molar-refractivity contribution in [1.82, 2.24) is 15.2 Å². The molecule has 1 aliphatic rings. The highest BCUT2D eigenvalue weighted by molar-refractivity contribution is 5.88. The molecular formula is C16H24N4O4. The quantitative estimate of drug-likeness (QED) is 0.878. The monoisotopic (exact) mass is 336 g/mol. The second-order valence-electron chi connectivity index (χ2n) is 6.47. The highest BCUT2D eigenvalue weighted by Gasteiger charge is 2.25. The van der Waals surface area contributed by atoms with E-state index in [4.69, 9.17) is 9.47 Å². The van der Waals surface area contributed by atoms with Crippen molar-refractivity contribution in [1.29, 1.82) is 0 Å². The van der Waals surface area contributed by atoms with Crippen LogP contribution >= 0.6 is 0 Å². The van der Waals surface area contributed by atoms with Crippen molar-refractivity contribution in [3.63, 3.8) is 0 Å². The Morgan fingerprint density at radius 3 is 2.88 bits per heavy atom. The summed E-state index contributed by atoms with van der Waals surface area (Å²) < 4.78 is 10.8. The SMILES string of the molecule is CC(C)(C)OC(=O)NCC1CN(C(=O)Nc2ccccn2)CCO1. The Morgan fingerprint density at radius 2 is 2.21 bits per heavy atom. The standard InChI is InChI=1S/C16H24N4O4/c1-16(2,3)24-15(22)18-10-12-11-20(8-9-23-12)14(21)19-13-6-4-5-7-17-13/h4-7,12H,8-11H2,1-3H3,(H,18,22)(H,17,19,21). The van der Waals surface area contributed by atoms with E-state index in [2.05, 4.69) is 15.6 Å². The molecule has 0 saturated carbocycles. The summed E-state index contributed by atoms with van der Waals surface area (Å²) >= 11 is 0. The molecule has 2 N–H and O–H groups in total. The number of hydrogen-bond donors (Lipinski definition) is 2. The van der Waals surface area contributed by atoms with Crippen LogP contribution in [0.4, 0.5) is 15.4 Å². The van der Waals surface area contributed by atoms with Crippen LogP contribution in [0.25, 0.3) is 0 Å². The van der Waals surface area contributed by atoms with E-state index in [0.29, 0.717) is 25.5 Å². The molecule has 1 aliphatic heterocycles. The van der Waals surface area contributed by atoms with E-state index < -0.39 is 11.7 Å². The van der Waals surface area contributed by atoms with Crippen molar-refractivity contribution in [3.8, 4) is 0 Å². The van der Waals surface area contributed by atoms with Gasteiger partial charge in [0.05, 0.1) is 19.3 Å². The number of urea groups is 1. The molecule has 0 spiro atoms. The highest BCUT2D eigenvalue weighted by atomic mass is 16.6. The van der Waals surface area contributed by atoms with Crippen LogP contribution in [0.1, 0.15) is 20.8 Å². The lowest BCUT2D eigenvalue weighted by molar-refractivity contribution is -0.0133. The summed E-state index contributed by atoms with van der Waals surface area (Å²) in [7, 11) is 0. The lowest BCUT2D eigenvalue weighted by Crippen LogP contribution is -2.51. The minimum absolute atomic E-state index is 0.237. The number of nitrogens with one attached hydrogen (secondary N) is 2. The Labute approximate surface area is 141 Å². The molecule has 0 aliphatic carbocycles. The molecule has 8 heteroatoms. The third-order valence-corrected chi connectivity index (χ3v) is 3.20. The topological polar surface area (TPSA) is 92.8 Å². The lowest BCUT2D eigenvalue weighted by Gasteiger charge is -2.33. The number of amides is 3. The zero-order valence-corrected chi connectivity index (χ0v) is 14.2. The first-order valence-corrected chi connectivity index (χ1v) is 7.89. The molecule has 0 bridgehead atoms. The zero-order valence-electron chi connectivity index (χ0n) is 14.2. The number of anilines is 1. The van der Waals surface area contributed by atoms with Crippen LogP contribution in [0, 0.1) is 0 Å². The average Bonchev–Trinajstić information content (AvgIpc) is 2.52. The number of rotatable bonds is 3. The van der Waals surface area contributed by atoms with Crippen molar-refractivity contribution in [2.45, 2.75) is 32.5 Å². The van der Waals surface area contributed by atoms with Crippen molar-refractivity contribution in [2.75, 3.05) is 31.6 Å². The summed E-state index contributed by atoms with van der Waals surface area (Å²) in [6, 6.07) is 5.07. The molecule has 2 heterocycles. The Kier molecular flexibility index (Phi) is 5.97. The first-order chi connectivity index (χ1) is 11.3. The molecule has 24 heavy (non-hydrogen) atoms. The van der Waals surface area contributed by atoms with Gasteiger partial charge in [0.2, 0.25) is 0 Å². The molecule has 1 saturated heterocycles. The van der Waals surface area contributed by atoms with Crippen molar-refractivity contribution >= 4 is 17.9 Å². The van der Waals surface area contributed by atoms with Gasteiger partial charge in [0.25, 0.3) is 0 Å². The van der Waals surface area contributed by atoms with Crippen LogP contribution < -0.4 is 10.6 Å². The Hall–Kier alpha value is -2.35. The van der Waals surface area contributed by atoms with E-state index in [9.17, 15) is 9.59 Å². The van der Waals surface area contributed by atoms with Crippen molar-refractivity contribution in [2.24, 2.45) is 0 Å². The van der Waals surface area contributed by atoms with E-state index in [1.807, 2.05) is 0 Å². The van der Waals surface area contributed by atoms with Gasteiger partial charge in [0.15, 0.2) is 0 Å². The van der Waals surface area contributed by atoms with E-state index in [1.54, 1.807) is 50.1 Å². The largest absolute Gasteiger partial charge is 0.444 e. The molecular weight excluding hydrogens is 312 g/mol. The fourth-order valence-electron chi connectivity index (χ4n) is 2.16. The van der Waals surface area contributed by atoms with E-state index in [0.717, 1.165) is 0 Å². The fraction of sp³-hybridized carbons (Fsp3) is 0.562. The minimum Gasteiger partial charge on any atom is -0.444 e. The maximum atomic E-state index is 12.2. The van der Waals surface area contributed by atoms with Crippen molar-refractivity contribution in [3.05, 3.63) is 24.4 Å². The van der Waals surface area contributed by atoms with Gasteiger partial charge in [-0.2, -0.15) is 0 Å². The number of morpholine rings is 1. The van der Waals surface area contributed by atoms with Gasteiger partial charge < -0.3 is 19.7 Å². The van der Waals surface area contributed by atoms with Gasteiger partial charge in [-0.15, -0.1) is 0 Å². The Morgan fingerprint density at radius 1 is 1.42 bits per heavy atom. The third-order valence-electron chi connectivity index (χ3n) is 3.20. The molecule has 2 rings (SSSR count). The van der Waals surface area contributed by atoms with Gasteiger partial charge in [-0.05, 0) is 32.9 Å². The summed E-state index contributed by atoms with van der Waals surface area (Å²) in [6.45, 7) is 6.96. The number of carbonyl (C=O) groups is 2. The van der Waals surface area contributed by atoms with Crippen molar-refractivity contribution < 1.29 is 19.1 Å². The van der Waals surface area contributed by atoms with Gasteiger partial charge in [-0.25, -0.2) is 14.6 Å². The van der Waals surface area contributed by atoms with Gasteiger partial charge in [-0.3, -0.25) is 5.32 Å². The lowest BCUT2D eigenvalue weighted by atomic mass is 10.2. The normalized spacial score (nSPS) is 18.0. The molecule has 132 valence electrons. The van der Waals surface area contributed by atoms with Crippen LogP contribution in [0.5, 0.6) is 0 Å². The van der Waals surface area contributed by atoms with Crippen LogP contribution in [-0.2, 0) is 9.47 Å². The fourth-order valence-corrected chi connectivity index (χ4v) is 2.16. The second-order valence-corrected chi connectivity index (χ2v) is 6.47. The van der Waals surface area contributed by atoms with Gasteiger partial charge in [0, 0.05) is 19.3 Å². The van der Waals surface area contributed by atoms with E-state index in [-0.39, 0.29) is 18.7 Å². The number of alkyl carbamates (subject to hydrolysis) is 1.